The molecular weight excluding hydrogens is 204 g/mol. The zero-order valence-corrected chi connectivity index (χ0v) is 9.69. The molecule has 2 aliphatic rings. The van der Waals surface area contributed by atoms with Crippen LogP contribution in [-0.2, 0) is 9.59 Å². The van der Waals surface area contributed by atoms with E-state index >= 15 is 0 Å². The molecule has 2 amide bonds. The molecule has 0 heterocycles. The first-order chi connectivity index (χ1) is 7.54. The molecule has 5 unspecified atom stereocenters. The monoisotopic (exact) mass is 224 g/mol. The molecule has 0 aromatic rings. The second kappa shape index (κ2) is 4.07. The molecule has 0 spiro atoms. The zero-order valence-electron chi connectivity index (χ0n) is 9.69. The number of carbonyl (C=O) groups is 2. The van der Waals surface area contributed by atoms with E-state index in [1.807, 2.05) is 0 Å². The van der Waals surface area contributed by atoms with Crippen molar-refractivity contribution < 1.29 is 9.59 Å². The molecule has 5 atom stereocenters. The van der Waals surface area contributed by atoms with Crippen molar-refractivity contribution in [1.29, 1.82) is 0 Å². The molecule has 90 valence electrons. The number of primary amides is 2. The molecule has 0 aromatic carbocycles. The first-order valence-electron chi connectivity index (χ1n) is 6.13. The summed E-state index contributed by atoms with van der Waals surface area (Å²) in [6.07, 6.45) is 3.56. The Hall–Kier alpha value is -1.06. The van der Waals surface area contributed by atoms with Gasteiger partial charge in [-0.3, -0.25) is 9.59 Å². The molecule has 2 saturated carbocycles. The lowest BCUT2D eigenvalue weighted by Crippen LogP contribution is -2.29. The van der Waals surface area contributed by atoms with Gasteiger partial charge >= 0.3 is 0 Å². The predicted octanol–water partition coefficient (Wildman–Crippen LogP) is 0.645. The van der Waals surface area contributed by atoms with Gasteiger partial charge < -0.3 is 11.5 Å². The molecule has 0 aromatic heterocycles. The van der Waals surface area contributed by atoms with Gasteiger partial charge in [0.2, 0.25) is 11.8 Å². The molecule has 4 N–H and O–H groups in total. The summed E-state index contributed by atoms with van der Waals surface area (Å²) >= 11 is 0. The highest BCUT2D eigenvalue weighted by molar-refractivity contribution is 5.78. The number of hydrogen-bond donors (Lipinski definition) is 2. The minimum atomic E-state index is -0.181. The maximum absolute atomic E-state index is 11.3. The lowest BCUT2D eigenvalue weighted by atomic mass is 9.84. The SMILES string of the molecule is CCC1C(C(N)=O)CC2CC(C(N)=O)CC21. The maximum Gasteiger partial charge on any atom is 0.220 e. The number of rotatable bonds is 3. The molecule has 4 nitrogen and oxygen atoms in total. The van der Waals surface area contributed by atoms with Crippen molar-refractivity contribution in [2.24, 2.45) is 41.1 Å². The van der Waals surface area contributed by atoms with Crippen molar-refractivity contribution in [2.45, 2.75) is 32.6 Å². The number of hydrogen-bond acceptors (Lipinski definition) is 2. The normalized spacial score (nSPS) is 41.9. The lowest BCUT2D eigenvalue weighted by molar-refractivity contribution is -0.123. The third-order valence-corrected chi connectivity index (χ3v) is 4.61. The second-order valence-corrected chi connectivity index (χ2v) is 5.31. The van der Waals surface area contributed by atoms with E-state index in [-0.39, 0.29) is 23.7 Å². The van der Waals surface area contributed by atoms with Gasteiger partial charge in [-0.2, -0.15) is 0 Å². The van der Waals surface area contributed by atoms with Crippen LogP contribution in [0.25, 0.3) is 0 Å². The Morgan fingerprint density at radius 2 is 1.81 bits per heavy atom. The van der Waals surface area contributed by atoms with Gasteiger partial charge in [0.25, 0.3) is 0 Å². The van der Waals surface area contributed by atoms with Gasteiger partial charge in [0.1, 0.15) is 0 Å². The van der Waals surface area contributed by atoms with Crippen LogP contribution in [0.2, 0.25) is 0 Å². The fourth-order valence-electron chi connectivity index (χ4n) is 3.90. The largest absolute Gasteiger partial charge is 0.369 e. The highest BCUT2D eigenvalue weighted by atomic mass is 16.1. The van der Waals surface area contributed by atoms with E-state index in [2.05, 4.69) is 6.92 Å². The second-order valence-electron chi connectivity index (χ2n) is 5.31. The van der Waals surface area contributed by atoms with E-state index in [4.69, 9.17) is 11.5 Å². The van der Waals surface area contributed by atoms with Gasteiger partial charge in [-0.15, -0.1) is 0 Å². The van der Waals surface area contributed by atoms with Crippen LogP contribution in [0.4, 0.5) is 0 Å². The molecular formula is C12H20N2O2. The summed E-state index contributed by atoms with van der Waals surface area (Å²) < 4.78 is 0. The van der Waals surface area contributed by atoms with E-state index in [1.54, 1.807) is 0 Å². The molecule has 16 heavy (non-hydrogen) atoms. The summed E-state index contributed by atoms with van der Waals surface area (Å²) in [4.78, 5) is 22.5. The lowest BCUT2D eigenvalue weighted by Gasteiger charge is -2.21. The van der Waals surface area contributed by atoms with Crippen molar-refractivity contribution in [1.82, 2.24) is 0 Å². The van der Waals surface area contributed by atoms with E-state index in [1.165, 1.54) is 0 Å². The third-order valence-electron chi connectivity index (χ3n) is 4.61. The Kier molecular flexibility index (Phi) is 2.91. The summed E-state index contributed by atoms with van der Waals surface area (Å²) in [7, 11) is 0. The van der Waals surface area contributed by atoms with Crippen LogP contribution in [0.5, 0.6) is 0 Å². The highest BCUT2D eigenvalue weighted by Crippen LogP contribution is 2.53. The van der Waals surface area contributed by atoms with Crippen LogP contribution < -0.4 is 11.5 Å². The molecule has 2 aliphatic carbocycles. The summed E-state index contributed by atoms with van der Waals surface area (Å²) in [6.45, 7) is 2.10. The van der Waals surface area contributed by atoms with E-state index in [9.17, 15) is 9.59 Å². The van der Waals surface area contributed by atoms with Crippen LogP contribution in [-0.4, -0.2) is 11.8 Å². The predicted molar refractivity (Wildman–Crippen MR) is 60.0 cm³/mol. The zero-order chi connectivity index (χ0) is 11.9. The van der Waals surface area contributed by atoms with E-state index < -0.39 is 0 Å². The Labute approximate surface area is 95.7 Å². The number of amides is 2. The van der Waals surface area contributed by atoms with Crippen molar-refractivity contribution in [3.63, 3.8) is 0 Å². The maximum atomic E-state index is 11.3. The third kappa shape index (κ3) is 1.70. The highest BCUT2D eigenvalue weighted by Gasteiger charge is 2.50. The van der Waals surface area contributed by atoms with Gasteiger partial charge in [-0.05, 0) is 37.0 Å². The molecule has 4 heteroatoms. The van der Waals surface area contributed by atoms with E-state index in [0.717, 1.165) is 25.7 Å². The molecule has 0 bridgehead atoms. The van der Waals surface area contributed by atoms with Crippen molar-refractivity contribution >= 4 is 11.8 Å². The summed E-state index contributed by atoms with van der Waals surface area (Å²) in [5, 5.41) is 0. The number of fused-ring (bicyclic) bond motifs is 1. The number of carbonyl (C=O) groups excluding carboxylic acids is 2. The minimum absolute atomic E-state index is 0.0221. The average Bonchev–Trinajstić information content (AvgIpc) is 2.72. The molecule has 0 radical (unpaired) electrons. The Bertz CT molecular complexity index is 316. The summed E-state index contributed by atoms with van der Waals surface area (Å²) in [5.74, 6) is 1.04. The van der Waals surface area contributed by atoms with Crippen LogP contribution in [0.1, 0.15) is 32.6 Å². The summed E-state index contributed by atoms with van der Waals surface area (Å²) in [5.41, 5.74) is 10.8. The van der Waals surface area contributed by atoms with Crippen molar-refractivity contribution in [3.8, 4) is 0 Å². The molecule has 0 aliphatic heterocycles. The van der Waals surface area contributed by atoms with Gasteiger partial charge in [-0.1, -0.05) is 13.3 Å². The van der Waals surface area contributed by atoms with Gasteiger partial charge in [-0.25, -0.2) is 0 Å². The first kappa shape index (κ1) is 11.4. The quantitative estimate of drug-likeness (QED) is 0.737. The molecule has 0 saturated heterocycles. The fourth-order valence-corrected chi connectivity index (χ4v) is 3.90. The van der Waals surface area contributed by atoms with Crippen LogP contribution >= 0.6 is 0 Å². The molecule has 2 rings (SSSR count). The first-order valence-corrected chi connectivity index (χ1v) is 6.13. The summed E-state index contributed by atoms with van der Waals surface area (Å²) in [6, 6.07) is 0. The van der Waals surface area contributed by atoms with Crippen LogP contribution in [0, 0.1) is 29.6 Å². The fraction of sp³-hybridized carbons (Fsp3) is 0.833. The topological polar surface area (TPSA) is 86.2 Å². The number of nitrogens with two attached hydrogens (primary N) is 2. The standard InChI is InChI=1S/C12H20N2O2/c1-2-8-9-5-7(11(13)15)3-6(9)4-10(8)12(14)16/h6-10H,2-5H2,1H3,(H2,13,15)(H2,14,16). The van der Waals surface area contributed by atoms with Crippen LogP contribution in [0.3, 0.4) is 0 Å². The Morgan fingerprint density at radius 1 is 1.12 bits per heavy atom. The van der Waals surface area contributed by atoms with Gasteiger partial charge in [0.05, 0.1) is 0 Å². The van der Waals surface area contributed by atoms with Crippen molar-refractivity contribution in [2.75, 3.05) is 0 Å². The van der Waals surface area contributed by atoms with Gasteiger partial charge in [0.15, 0.2) is 0 Å². The minimum Gasteiger partial charge on any atom is -0.369 e. The Balaban J connectivity index is 2.10. The molecule has 2 fully saturated rings. The smallest absolute Gasteiger partial charge is 0.220 e. The Morgan fingerprint density at radius 3 is 2.31 bits per heavy atom. The average molecular weight is 224 g/mol. The van der Waals surface area contributed by atoms with Crippen molar-refractivity contribution in [3.05, 3.63) is 0 Å². The van der Waals surface area contributed by atoms with Crippen LogP contribution in [0.15, 0.2) is 0 Å². The van der Waals surface area contributed by atoms with E-state index in [0.29, 0.717) is 17.8 Å². The van der Waals surface area contributed by atoms with Gasteiger partial charge in [0, 0.05) is 11.8 Å².